The topological polar surface area (TPSA) is 6.48 Å². The average molecular weight is 472 g/mol. The molecule has 0 amide bonds. The summed E-state index contributed by atoms with van der Waals surface area (Å²) in [4.78, 5) is 5.08. The lowest BCUT2D eigenvalue weighted by molar-refractivity contribution is 0.195. The van der Waals surface area contributed by atoms with Crippen LogP contribution in [-0.2, 0) is 5.41 Å². The maximum Gasteiger partial charge on any atom is 0.252 e. The molecule has 0 N–H and O–H groups in total. The molecule has 180 valence electrons. The minimum Gasteiger partial charge on any atom is -0.338 e. The molecule has 2 saturated carbocycles. The summed E-state index contributed by atoms with van der Waals surface area (Å²) < 4.78 is 19.9. The monoisotopic (exact) mass is 472 g/mol. The van der Waals surface area contributed by atoms with E-state index in [1.165, 1.54) is 75.9 Å². The van der Waals surface area contributed by atoms with Gasteiger partial charge in [-0.2, -0.15) is 0 Å². The van der Waals surface area contributed by atoms with Crippen LogP contribution in [-0.4, -0.2) is 18.3 Å². The maximum atomic E-state index is 10.0. The third-order valence-electron chi connectivity index (χ3n) is 11.2. The Bertz CT molecular complexity index is 1590. The van der Waals surface area contributed by atoms with Crippen LogP contribution >= 0.6 is 0 Å². The molecular weight excluding hydrogens is 435 g/mol. The molecule has 36 heavy (non-hydrogen) atoms. The molecule has 6 aliphatic rings. The Kier molecular flexibility index (Phi) is 3.30. The molecule has 2 fully saturated rings. The van der Waals surface area contributed by atoms with E-state index in [2.05, 4.69) is 79.1 Å². The first kappa shape index (κ1) is 18.6. The van der Waals surface area contributed by atoms with Crippen molar-refractivity contribution in [3.8, 4) is 0 Å². The van der Waals surface area contributed by atoms with Crippen LogP contribution in [0.25, 0.3) is 0 Å². The molecule has 0 spiro atoms. The van der Waals surface area contributed by atoms with Gasteiger partial charge >= 0.3 is 0 Å². The molecule has 3 aromatic rings. The van der Waals surface area contributed by atoms with Crippen molar-refractivity contribution < 1.29 is 2.74 Å². The molecule has 0 bridgehead atoms. The van der Waals surface area contributed by atoms with E-state index in [0.29, 0.717) is 0 Å². The number of para-hydroxylation sites is 1. The molecule has 4 aliphatic heterocycles. The number of nitrogens with zero attached hydrogens (tertiary/aromatic N) is 2. The van der Waals surface area contributed by atoms with Gasteiger partial charge in [0.15, 0.2) is 0 Å². The predicted octanol–water partition coefficient (Wildman–Crippen LogP) is 6.06. The van der Waals surface area contributed by atoms with Crippen molar-refractivity contribution >= 4 is 45.9 Å². The SMILES string of the molecule is [2H]C12CCCCC1([2H])N1c3cccc4c3B(c3cc(C)cc2c31)c1cccc2c1N4C1(C)CCCCC21C. The molecule has 3 heteroatoms. The van der Waals surface area contributed by atoms with Gasteiger partial charge in [-0.3, -0.25) is 0 Å². The summed E-state index contributed by atoms with van der Waals surface area (Å²) >= 11 is 0. The van der Waals surface area contributed by atoms with Crippen LogP contribution in [0.3, 0.4) is 0 Å². The highest BCUT2D eigenvalue weighted by Crippen LogP contribution is 2.62. The van der Waals surface area contributed by atoms with Gasteiger partial charge in [0.2, 0.25) is 0 Å². The minimum absolute atomic E-state index is 0.0372. The zero-order chi connectivity index (χ0) is 25.8. The molecule has 0 aromatic heterocycles. The number of rotatable bonds is 0. The van der Waals surface area contributed by atoms with E-state index >= 15 is 0 Å². The van der Waals surface area contributed by atoms with Crippen LogP contribution in [0.5, 0.6) is 0 Å². The summed E-state index contributed by atoms with van der Waals surface area (Å²) in [6.07, 6.45) is 8.59. The quantitative estimate of drug-likeness (QED) is 0.367. The molecular formula is C33H35BN2. The lowest BCUT2D eigenvalue weighted by Crippen LogP contribution is -2.65. The lowest BCUT2D eigenvalue weighted by atomic mass is 9.33. The molecule has 3 aromatic carbocycles. The minimum atomic E-state index is -0.966. The fourth-order valence-corrected chi connectivity index (χ4v) is 9.44. The van der Waals surface area contributed by atoms with Crippen molar-refractivity contribution in [2.45, 2.75) is 95.0 Å². The van der Waals surface area contributed by atoms with Crippen molar-refractivity contribution in [1.29, 1.82) is 0 Å². The van der Waals surface area contributed by atoms with Crippen LogP contribution in [0.15, 0.2) is 48.5 Å². The van der Waals surface area contributed by atoms with Gasteiger partial charge in [0.25, 0.3) is 6.71 Å². The molecule has 0 radical (unpaired) electrons. The summed E-state index contributed by atoms with van der Waals surface area (Å²) in [5, 5.41) is 0. The number of hydrogen-bond donors (Lipinski definition) is 0. The average Bonchev–Trinajstić information content (AvgIpc) is 3.25. The highest BCUT2D eigenvalue weighted by Gasteiger charge is 2.61. The second-order valence-electron chi connectivity index (χ2n) is 12.8. The molecule has 9 rings (SSSR count). The van der Waals surface area contributed by atoms with Crippen LogP contribution < -0.4 is 26.2 Å². The first-order valence-electron chi connectivity index (χ1n) is 15.3. The van der Waals surface area contributed by atoms with Gasteiger partial charge in [0.05, 0.1) is 6.91 Å². The lowest BCUT2D eigenvalue weighted by Gasteiger charge is -2.52. The first-order valence-corrected chi connectivity index (χ1v) is 14.3. The van der Waals surface area contributed by atoms with Gasteiger partial charge in [-0.05, 0) is 79.2 Å². The summed E-state index contributed by atoms with van der Waals surface area (Å²) in [6.45, 7) is 7.39. The van der Waals surface area contributed by atoms with Gasteiger partial charge in [-0.1, -0.05) is 74.6 Å². The van der Waals surface area contributed by atoms with Crippen molar-refractivity contribution in [1.82, 2.24) is 0 Å². The van der Waals surface area contributed by atoms with Crippen LogP contribution in [0, 0.1) is 6.92 Å². The summed E-state index contributed by atoms with van der Waals surface area (Å²) in [5.74, 6) is -0.896. The first-order chi connectivity index (χ1) is 18.2. The highest BCUT2D eigenvalue weighted by molar-refractivity contribution is 7.00. The zero-order valence-corrected chi connectivity index (χ0v) is 21.7. The number of benzene rings is 3. The third kappa shape index (κ3) is 2.06. The number of aryl methyl sites for hydroxylation is 1. The van der Waals surface area contributed by atoms with Gasteiger partial charge in [-0.25, -0.2) is 0 Å². The van der Waals surface area contributed by atoms with Crippen molar-refractivity contribution in [3.63, 3.8) is 0 Å². The Morgan fingerprint density at radius 1 is 0.889 bits per heavy atom. The van der Waals surface area contributed by atoms with Gasteiger partial charge < -0.3 is 9.80 Å². The van der Waals surface area contributed by atoms with Crippen molar-refractivity contribution in [3.05, 3.63) is 65.2 Å². The van der Waals surface area contributed by atoms with Gasteiger partial charge in [0, 0.05) is 41.4 Å². The van der Waals surface area contributed by atoms with E-state index < -0.39 is 11.9 Å². The van der Waals surface area contributed by atoms with E-state index in [1.807, 2.05) is 0 Å². The maximum absolute atomic E-state index is 10.0. The second kappa shape index (κ2) is 6.41. The molecule has 0 saturated heterocycles. The highest BCUT2D eigenvalue weighted by atomic mass is 15.3. The van der Waals surface area contributed by atoms with Crippen molar-refractivity contribution in [2.24, 2.45) is 0 Å². The summed E-state index contributed by atoms with van der Waals surface area (Å²) in [6, 6.07) is 17.6. The molecule has 4 atom stereocenters. The molecule has 4 heterocycles. The second-order valence-corrected chi connectivity index (χ2v) is 12.8. The van der Waals surface area contributed by atoms with Crippen LogP contribution in [0.1, 0.15) is 90.5 Å². The Hall–Kier alpha value is -2.68. The summed E-state index contributed by atoms with van der Waals surface area (Å²) in [7, 11) is 0. The van der Waals surface area contributed by atoms with E-state index in [-0.39, 0.29) is 17.7 Å². The largest absolute Gasteiger partial charge is 0.338 e. The van der Waals surface area contributed by atoms with Crippen molar-refractivity contribution in [2.75, 3.05) is 9.80 Å². The van der Waals surface area contributed by atoms with Gasteiger partial charge in [0.1, 0.15) is 0 Å². The zero-order valence-electron chi connectivity index (χ0n) is 23.7. The molecule has 2 nitrogen and oxygen atoms in total. The number of anilines is 4. The number of hydrogen-bond acceptors (Lipinski definition) is 2. The normalized spacial score (nSPS) is 36.9. The summed E-state index contributed by atoms with van der Waals surface area (Å²) in [5.41, 5.74) is 13.3. The van der Waals surface area contributed by atoms with E-state index in [4.69, 9.17) is 0 Å². The standard InChI is InChI=1S/C33H35BN2/c1-20-18-22-21-10-4-5-13-26(21)35-27-14-9-15-28-29(27)34(25(19-20)30(22)35)24-12-8-11-23-31(24)36(28)33(3)17-7-6-16-32(23,33)2/h8-9,11-12,14-15,18-19,21,26H,4-7,10,13,16-17H2,1-3H3/i21D,26D. The molecule has 4 unspecified atom stereocenters. The third-order valence-corrected chi connectivity index (χ3v) is 11.2. The fraction of sp³-hybridized carbons (Fsp3) is 0.455. The Morgan fingerprint density at radius 3 is 2.61 bits per heavy atom. The van der Waals surface area contributed by atoms with E-state index in [1.54, 1.807) is 0 Å². The van der Waals surface area contributed by atoms with Crippen LogP contribution in [0.4, 0.5) is 22.7 Å². The van der Waals surface area contributed by atoms with E-state index in [0.717, 1.165) is 31.2 Å². The fourth-order valence-electron chi connectivity index (χ4n) is 9.44. The Morgan fingerprint density at radius 2 is 1.69 bits per heavy atom. The van der Waals surface area contributed by atoms with Crippen LogP contribution in [0.2, 0.25) is 0 Å². The Balaban J connectivity index is 1.43. The van der Waals surface area contributed by atoms with Gasteiger partial charge in [-0.15, -0.1) is 0 Å². The number of fused-ring (bicyclic) bond motifs is 10. The van der Waals surface area contributed by atoms with E-state index in [9.17, 15) is 2.74 Å². The molecule has 2 aliphatic carbocycles. The Labute approximate surface area is 218 Å². The smallest absolute Gasteiger partial charge is 0.252 e. The predicted molar refractivity (Wildman–Crippen MR) is 152 cm³/mol.